The molecule has 0 fully saturated rings. The van der Waals surface area contributed by atoms with Crippen molar-refractivity contribution in [3.05, 3.63) is 24.4 Å². The summed E-state index contributed by atoms with van der Waals surface area (Å²) >= 11 is 0. The molecule has 0 amide bonds. The van der Waals surface area contributed by atoms with Gasteiger partial charge in [-0.1, -0.05) is 6.07 Å². The Bertz CT molecular complexity index is 640. The van der Waals surface area contributed by atoms with Gasteiger partial charge in [-0.3, -0.25) is 4.98 Å². The maximum absolute atomic E-state index is 11.4. The van der Waals surface area contributed by atoms with Crippen molar-refractivity contribution in [2.45, 2.75) is 6.29 Å². The number of pyridine rings is 1. The molecule has 3 rings (SSSR count). The first-order valence-corrected chi connectivity index (χ1v) is 5.22. The molecule has 1 atom stereocenters. The predicted octanol–water partition coefficient (Wildman–Crippen LogP) is 1.21. The zero-order valence-electron chi connectivity index (χ0n) is 9.41. The first-order valence-electron chi connectivity index (χ1n) is 5.22. The van der Waals surface area contributed by atoms with Gasteiger partial charge in [0, 0.05) is 11.6 Å². The van der Waals surface area contributed by atoms with Gasteiger partial charge in [0.1, 0.15) is 5.52 Å². The van der Waals surface area contributed by atoms with Crippen LogP contribution in [0, 0.1) is 0 Å². The molecule has 0 spiro atoms. The van der Waals surface area contributed by atoms with Crippen LogP contribution >= 0.6 is 0 Å². The number of benzene rings is 1. The minimum absolute atomic E-state index is 0.100. The Morgan fingerprint density at radius 3 is 3.00 bits per heavy atom. The summed E-state index contributed by atoms with van der Waals surface area (Å²) in [6.45, 7) is 0. The van der Waals surface area contributed by atoms with Crippen LogP contribution in [0.3, 0.4) is 0 Å². The van der Waals surface area contributed by atoms with Gasteiger partial charge < -0.3 is 19.3 Å². The molecule has 1 aliphatic rings. The largest absolute Gasteiger partial charge is 0.504 e. The number of aromatic hydroxyl groups is 1. The van der Waals surface area contributed by atoms with E-state index in [2.05, 4.69) is 9.72 Å². The molecule has 0 radical (unpaired) electrons. The van der Waals surface area contributed by atoms with Gasteiger partial charge in [-0.15, -0.1) is 0 Å². The lowest BCUT2D eigenvalue weighted by atomic mass is 10.2. The molecule has 0 saturated carbocycles. The van der Waals surface area contributed by atoms with E-state index in [0.717, 1.165) is 0 Å². The third-order valence-corrected chi connectivity index (χ3v) is 2.63. The molecule has 18 heavy (non-hydrogen) atoms. The van der Waals surface area contributed by atoms with Gasteiger partial charge in [0.15, 0.2) is 11.5 Å². The lowest BCUT2D eigenvalue weighted by molar-refractivity contribution is -0.158. The minimum atomic E-state index is -1.21. The van der Waals surface area contributed by atoms with Gasteiger partial charge in [-0.25, -0.2) is 4.79 Å². The average Bonchev–Trinajstić information content (AvgIpc) is 2.84. The lowest BCUT2D eigenvalue weighted by Gasteiger charge is -2.06. The van der Waals surface area contributed by atoms with E-state index >= 15 is 0 Å². The highest BCUT2D eigenvalue weighted by Gasteiger charge is 2.35. The number of methoxy groups -OCH3 is 1. The fraction of sp³-hybridized carbons (Fsp3) is 0.167. The third kappa shape index (κ3) is 1.42. The van der Waals surface area contributed by atoms with Crippen molar-refractivity contribution >= 4 is 16.9 Å². The summed E-state index contributed by atoms with van der Waals surface area (Å²) < 4.78 is 15.1. The summed E-state index contributed by atoms with van der Waals surface area (Å²) in [6, 6.07) is 5.02. The molecule has 0 aliphatic carbocycles. The Hall–Kier alpha value is -2.50. The fourth-order valence-electron chi connectivity index (χ4n) is 1.81. The second-order valence-corrected chi connectivity index (χ2v) is 3.72. The van der Waals surface area contributed by atoms with Gasteiger partial charge in [0.25, 0.3) is 0 Å². The van der Waals surface area contributed by atoms with Crippen LogP contribution in [0.4, 0.5) is 0 Å². The quantitative estimate of drug-likeness (QED) is 0.763. The number of nitrogens with zero attached hydrogens (tertiary/aromatic N) is 1. The Balaban J connectivity index is 2.15. The number of rotatable bonds is 1. The molecule has 6 nitrogen and oxygen atoms in total. The Morgan fingerprint density at radius 1 is 1.44 bits per heavy atom. The Morgan fingerprint density at radius 2 is 2.22 bits per heavy atom. The molecule has 0 bridgehead atoms. The van der Waals surface area contributed by atoms with Crippen molar-refractivity contribution in [3.63, 3.8) is 0 Å². The van der Waals surface area contributed by atoms with Gasteiger partial charge in [0.2, 0.25) is 5.75 Å². The van der Waals surface area contributed by atoms with Crippen molar-refractivity contribution in [1.29, 1.82) is 0 Å². The molecule has 1 aliphatic heterocycles. The van der Waals surface area contributed by atoms with E-state index in [4.69, 9.17) is 9.47 Å². The maximum Gasteiger partial charge on any atom is 0.389 e. The lowest BCUT2D eigenvalue weighted by Crippen LogP contribution is -2.30. The van der Waals surface area contributed by atoms with E-state index < -0.39 is 12.3 Å². The number of aromatic nitrogens is 1. The molecule has 1 unspecified atom stereocenters. The zero-order chi connectivity index (χ0) is 12.7. The molecular weight excluding hydrogens is 238 g/mol. The summed E-state index contributed by atoms with van der Waals surface area (Å²) in [6.07, 6.45) is 0.387. The summed E-state index contributed by atoms with van der Waals surface area (Å²) in [7, 11) is 1.23. The highest BCUT2D eigenvalue weighted by atomic mass is 16.7. The maximum atomic E-state index is 11.4. The molecule has 1 N–H and O–H groups in total. The summed E-state index contributed by atoms with van der Waals surface area (Å²) in [5.41, 5.74) is 0.525. The number of phenolic OH excluding ortho intramolecular Hbond substituents is 1. The third-order valence-electron chi connectivity index (χ3n) is 2.63. The van der Waals surface area contributed by atoms with Crippen molar-refractivity contribution in [2.24, 2.45) is 0 Å². The van der Waals surface area contributed by atoms with E-state index in [-0.39, 0.29) is 17.2 Å². The molecule has 2 heterocycles. The molecule has 6 heteroatoms. The van der Waals surface area contributed by atoms with Gasteiger partial charge >= 0.3 is 12.3 Å². The molecule has 0 saturated heterocycles. The highest BCUT2D eigenvalue weighted by Crippen LogP contribution is 2.46. The van der Waals surface area contributed by atoms with Crippen molar-refractivity contribution in [1.82, 2.24) is 4.98 Å². The van der Waals surface area contributed by atoms with Crippen LogP contribution in [0.2, 0.25) is 0 Å². The minimum Gasteiger partial charge on any atom is -0.504 e. The van der Waals surface area contributed by atoms with Crippen molar-refractivity contribution < 1.29 is 24.1 Å². The summed E-state index contributed by atoms with van der Waals surface area (Å²) in [4.78, 5) is 15.5. The number of hydrogen-bond acceptors (Lipinski definition) is 6. The van der Waals surface area contributed by atoms with Crippen LogP contribution in [-0.2, 0) is 9.53 Å². The first-order chi connectivity index (χ1) is 8.70. The van der Waals surface area contributed by atoms with E-state index in [1.807, 2.05) is 0 Å². The van der Waals surface area contributed by atoms with E-state index in [1.54, 1.807) is 18.3 Å². The predicted molar refractivity (Wildman–Crippen MR) is 60.5 cm³/mol. The zero-order valence-corrected chi connectivity index (χ0v) is 9.41. The second kappa shape index (κ2) is 3.76. The topological polar surface area (TPSA) is 77.9 Å². The number of phenols is 1. The number of fused-ring (bicyclic) bond motifs is 3. The van der Waals surface area contributed by atoms with Crippen LogP contribution in [-0.4, -0.2) is 29.5 Å². The first kappa shape index (κ1) is 10.6. The normalized spacial score (nSPS) is 16.8. The van der Waals surface area contributed by atoms with Gasteiger partial charge in [-0.05, 0) is 12.1 Å². The van der Waals surface area contributed by atoms with E-state index in [9.17, 15) is 9.90 Å². The molecule has 1 aromatic heterocycles. The Kier molecular flexibility index (Phi) is 2.22. The molecule has 92 valence electrons. The number of ether oxygens (including phenoxy) is 3. The molecular formula is C12H9NO5. The average molecular weight is 247 g/mol. The van der Waals surface area contributed by atoms with Crippen molar-refractivity contribution in [2.75, 3.05) is 7.11 Å². The van der Waals surface area contributed by atoms with Crippen LogP contribution in [0.5, 0.6) is 17.2 Å². The van der Waals surface area contributed by atoms with E-state index in [0.29, 0.717) is 10.9 Å². The van der Waals surface area contributed by atoms with Crippen LogP contribution < -0.4 is 9.47 Å². The summed E-state index contributed by atoms with van der Waals surface area (Å²) in [5, 5.41) is 10.5. The van der Waals surface area contributed by atoms with Gasteiger partial charge in [-0.2, -0.15) is 0 Å². The molecule has 1 aromatic carbocycles. The fourth-order valence-corrected chi connectivity index (χ4v) is 1.81. The SMILES string of the molecule is COC(=O)C1Oc2c(O)cc3cccnc3c2O1. The van der Waals surface area contributed by atoms with Gasteiger partial charge in [0.05, 0.1) is 7.11 Å². The number of carbonyl (C=O) groups excluding carboxylic acids is 1. The molecule has 2 aromatic rings. The number of esters is 1. The van der Waals surface area contributed by atoms with Crippen LogP contribution in [0.25, 0.3) is 10.9 Å². The second-order valence-electron chi connectivity index (χ2n) is 3.72. The number of carbonyl (C=O) groups is 1. The standard InChI is InChI=1S/C12H9NO5/c1-16-11(15)12-17-9-7(14)5-6-3-2-4-13-8(6)10(9)18-12/h2-5,12,14H,1H3. The summed E-state index contributed by atoms with van der Waals surface area (Å²) in [5.74, 6) is -0.413. The van der Waals surface area contributed by atoms with Crippen LogP contribution in [0.15, 0.2) is 24.4 Å². The number of hydrogen-bond donors (Lipinski definition) is 1. The Labute approximate surface area is 102 Å². The van der Waals surface area contributed by atoms with E-state index in [1.165, 1.54) is 13.2 Å². The monoisotopic (exact) mass is 247 g/mol. The highest BCUT2D eigenvalue weighted by molar-refractivity contribution is 5.91. The van der Waals surface area contributed by atoms with Crippen LogP contribution in [0.1, 0.15) is 0 Å². The van der Waals surface area contributed by atoms with Crippen molar-refractivity contribution in [3.8, 4) is 17.2 Å². The smallest absolute Gasteiger partial charge is 0.389 e.